The molecule has 0 bridgehead atoms. The maximum Gasteiger partial charge on any atom is 0.147 e. The van der Waals surface area contributed by atoms with Crippen molar-refractivity contribution in [2.75, 3.05) is 0 Å². The van der Waals surface area contributed by atoms with Crippen LogP contribution in [0.15, 0.2) is 18.2 Å². The van der Waals surface area contributed by atoms with E-state index in [1.54, 1.807) is 0 Å². The lowest BCUT2D eigenvalue weighted by Gasteiger charge is -2.10. The molecule has 0 saturated heterocycles. The van der Waals surface area contributed by atoms with Crippen molar-refractivity contribution in [2.24, 2.45) is 0 Å². The van der Waals surface area contributed by atoms with Gasteiger partial charge in [-0.15, -0.1) is 0 Å². The Labute approximate surface area is 95.8 Å². The summed E-state index contributed by atoms with van der Waals surface area (Å²) in [6.07, 6.45) is 0.0997. The zero-order valence-electron chi connectivity index (χ0n) is 8.13. The third-order valence-corrected chi connectivity index (χ3v) is 3.14. The van der Waals surface area contributed by atoms with Crippen LogP contribution in [0.1, 0.15) is 22.9 Å². The van der Waals surface area contributed by atoms with Gasteiger partial charge in [-0.1, -0.05) is 22.0 Å². The van der Waals surface area contributed by atoms with E-state index in [1.165, 1.54) is 25.1 Å². The standard InChI is InChI=1S/C11H9BrFNO/c1-7(15)11(12)10-3-2-9(13)6-8(10)4-5-14/h2-3,6,11H,4H2,1H3. The van der Waals surface area contributed by atoms with E-state index in [-0.39, 0.29) is 12.2 Å². The van der Waals surface area contributed by atoms with Crippen LogP contribution in [-0.2, 0) is 11.2 Å². The van der Waals surface area contributed by atoms with Gasteiger partial charge in [-0.25, -0.2) is 4.39 Å². The predicted octanol–water partition coefficient (Wildman–Crippen LogP) is 2.92. The number of carbonyl (C=O) groups excluding carboxylic acids is 1. The van der Waals surface area contributed by atoms with Crippen LogP contribution >= 0.6 is 15.9 Å². The monoisotopic (exact) mass is 269 g/mol. The summed E-state index contributed by atoms with van der Waals surface area (Å²) in [5, 5.41) is 8.58. The Hall–Kier alpha value is -1.21. The molecule has 1 aromatic carbocycles. The van der Waals surface area contributed by atoms with E-state index in [0.29, 0.717) is 11.1 Å². The third kappa shape index (κ3) is 2.87. The van der Waals surface area contributed by atoms with Crippen molar-refractivity contribution in [3.05, 3.63) is 35.1 Å². The SMILES string of the molecule is CC(=O)C(Br)c1ccc(F)cc1CC#N. The van der Waals surface area contributed by atoms with Gasteiger partial charge in [-0.3, -0.25) is 4.79 Å². The lowest BCUT2D eigenvalue weighted by Crippen LogP contribution is -2.05. The zero-order chi connectivity index (χ0) is 11.4. The van der Waals surface area contributed by atoms with Crippen molar-refractivity contribution >= 4 is 21.7 Å². The number of hydrogen-bond acceptors (Lipinski definition) is 2. The van der Waals surface area contributed by atoms with Crippen LogP contribution in [0.4, 0.5) is 4.39 Å². The minimum absolute atomic E-state index is 0.0687. The maximum atomic E-state index is 12.9. The summed E-state index contributed by atoms with van der Waals surface area (Å²) in [7, 11) is 0. The van der Waals surface area contributed by atoms with E-state index in [4.69, 9.17) is 5.26 Å². The smallest absolute Gasteiger partial charge is 0.147 e. The molecule has 0 saturated carbocycles. The third-order valence-electron chi connectivity index (χ3n) is 2.00. The Morgan fingerprint density at radius 1 is 1.67 bits per heavy atom. The summed E-state index contributed by atoms with van der Waals surface area (Å²) in [4.78, 5) is 10.7. The van der Waals surface area contributed by atoms with Crippen LogP contribution in [0.3, 0.4) is 0 Å². The van der Waals surface area contributed by atoms with E-state index >= 15 is 0 Å². The van der Waals surface area contributed by atoms with Crippen LogP contribution in [0.5, 0.6) is 0 Å². The molecule has 0 amide bonds. The molecule has 1 aromatic rings. The van der Waals surface area contributed by atoms with Crippen molar-refractivity contribution in [2.45, 2.75) is 18.2 Å². The van der Waals surface area contributed by atoms with Crippen LogP contribution < -0.4 is 0 Å². The normalized spacial score (nSPS) is 11.9. The molecule has 4 heteroatoms. The first-order valence-electron chi connectivity index (χ1n) is 4.36. The first-order chi connectivity index (χ1) is 7.06. The van der Waals surface area contributed by atoms with Gasteiger partial charge in [0.15, 0.2) is 0 Å². The molecule has 0 N–H and O–H groups in total. The van der Waals surface area contributed by atoms with E-state index in [0.717, 1.165) is 0 Å². The first-order valence-corrected chi connectivity index (χ1v) is 5.27. The van der Waals surface area contributed by atoms with Crippen molar-refractivity contribution in [1.82, 2.24) is 0 Å². The Morgan fingerprint density at radius 3 is 2.87 bits per heavy atom. The van der Waals surface area contributed by atoms with Gasteiger partial charge in [0.1, 0.15) is 11.6 Å². The Balaban J connectivity index is 3.17. The summed E-state index contributed by atoms with van der Waals surface area (Å²) in [6.45, 7) is 1.44. The number of Topliss-reactive ketones (excluding diaryl/α,β-unsaturated/α-hetero) is 1. The minimum Gasteiger partial charge on any atom is -0.298 e. The molecule has 0 fully saturated rings. The molecule has 0 aromatic heterocycles. The van der Waals surface area contributed by atoms with Gasteiger partial charge in [0.05, 0.1) is 17.3 Å². The fraction of sp³-hybridized carbons (Fsp3) is 0.273. The molecule has 0 spiro atoms. The first kappa shape index (κ1) is 11.9. The molecular formula is C11H9BrFNO. The number of benzene rings is 1. The van der Waals surface area contributed by atoms with Gasteiger partial charge in [-0.05, 0) is 30.2 Å². The summed E-state index contributed by atoms with van der Waals surface area (Å²) >= 11 is 3.21. The summed E-state index contributed by atoms with van der Waals surface area (Å²) in [5.41, 5.74) is 1.21. The quantitative estimate of drug-likeness (QED) is 0.792. The number of rotatable bonds is 3. The molecule has 0 heterocycles. The fourth-order valence-corrected chi connectivity index (χ4v) is 1.73. The van der Waals surface area contributed by atoms with E-state index in [9.17, 15) is 9.18 Å². The van der Waals surface area contributed by atoms with Crippen LogP contribution in [0, 0.1) is 17.1 Å². The van der Waals surface area contributed by atoms with E-state index < -0.39 is 10.6 Å². The molecule has 1 atom stereocenters. The Morgan fingerprint density at radius 2 is 2.33 bits per heavy atom. The lowest BCUT2D eigenvalue weighted by molar-refractivity contribution is -0.116. The van der Waals surface area contributed by atoms with Gasteiger partial charge in [-0.2, -0.15) is 5.26 Å². The predicted molar refractivity (Wildman–Crippen MR) is 58.1 cm³/mol. The van der Waals surface area contributed by atoms with Crippen LogP contribution in [0.25, 0.3) is 0 Å². The molecule has 0 aliphatic carbocycles. The average molecular weight is 270 g/mol. The average Bonchev–Trinajstić information content (AvgIpc) is 2.17. The van der Waals surface area contributed by atoms with Gasteiger partial charge in [0.25, 0.3) is 0 Å². The molecular weight excluding hydrogens is 261 g/mol. The number of ketones is 1. The van der Waals surface area contributed by atoms with E-state index in [2.05, 4.69) is 15.9 Å². The number of halogens is 2. The van der Waals surface area contributed by atoms with Crippen molar-refractivity contribution in [3.63, 3.8) is 0 Å². The summed E-state index contributed by atoms with van der Waals surface area (Å²) in [5.74, 6) is -0.465. The highest BCUT2D eigenvalue weighted by Gasteiger charge is 2.16. The van der Waals surface area contributed by atoms with E-state index in [1.807, 2.05) is 6.07 Å². The number of nitrogens with zero attached hydrogens (tertiary/aromatic N) is 1. The number of nitriles is 1. The fourth-order valence-electron chi connectivity index (χ4n) is 1.28. The Bertz CT molecular complexity index is 425. The van der Waals surface area contributed by atoms with Crippen molar-refractivity contribution < 1.29 is 9.18 Å². The topological polar surface area (TPSA) is 40.9 Å². The van der Waals surface area contributed by atoms with Gasteiger partial charge in [0, 0.05) is 0 Å². The molecule has 78 valence electrons. The highest BCUT2D eigenvalue weighted by Crippen LogP contribution is 2.27. The molecule has 0 aliphatic rings. The molecule has 15 heavy (non-hydrogen) atoms. The molecule has 0 aliphatic heterocycles. The van der Waals surface area contributed by atoms with Crippen molar-refractivity contribution in [1.29, 1.82) is 5.26 Å². The van der Waals surface area contributed by atoms with Crippen LogP contribution in [0.2, 0.25) is 0 Å². The Kier molecular flexibility index (Phi) is 3.98. The largest absolute Gasteiger partial charge is 0.298 e. The lowest BCUT2D eigenvalue weighted by atomic mass is 10.0. The maximum absolute atomic E-state index is 12.9. The van der Waals surface area contributed by atoms with Gasteiger partial charge >= 0.3 is 0 Å². The molecule has 2 nitrogen and oxygen atoms in total. The van der Waals surface area contributed by atoms with Gasteiger partial charge < -0.3 is 0 Å². The van der Waals surface area contributed by atoms with Crippen molar-refractivity contribution in [3.8, 4) is 6.07 Å². The van der Waals surface area contributed by atoms with Gasteiger partial charge in [0.2, 0.25) is 0 Å². The summed E-state index contributed by atoms with van der Waals surface area (Å²) in [6, 6.07) is 6.05. The summed E-state index contributed by atoms with van der Waals surface area (Å²) < 4.78 is 12.9. The highest BCUT2D eigenvalue weighted by atomic mass is 79.9. The second kappa shape index (κ2) is 5.04. The van der Waals surface area contributed by atoms with Crippen LogP contribution in [-0.4, -0.2) is 5.78 Å². The second-order valence-electron chi connectivity index (χ2n) is 3.15. The number of alkyl halides is 1. The molecule has 1 unspecified atom stereocenters. The minimum atomic E-state index is -0.471. The molecule has 1 rings (SSSR count). The number of hydrogen-bond donors (Lipinski definition) is 0. The zero-order valence-corrected chi connectivity index (χ0v) is 9.71. The number of carbonyl (C=O) groups is 1. The highest BCUT2D eigenvalue weighted by molar-refractivity contribution is 9.09. The second-order valence-corrected chi connectivity index (χ2v) is 4.07. The molecule has 0 radical (unpaired) electrons.